The van der Waals surface area contributed by atoms with Crippen molar-refractivity contribution >= 4 is 12.4 Å². The van der Waals surface area contributed by atoms with Crippen LogP contribution in [0.5, 0.6) is 0 Å². The van der Waals surface area contributed by atoms with E-state index in [4.69, 9.17) is 4.74 Å². The van der Waals surface area contributed by atoms with Gasteiger partial charge in [-0.1, -0.05) is 0 Å². The zero-order chi connectivity index (χ0) is 9.52. The molecule has 0 aromatic rings. The van der Waals surface area contributed by atoms with Crippen molar-refractivity contribution in [2.24, 2.45) is 5.92 Å². The molecule has 1 aliphatic rings. The fraction of sp³-hybridized carbons (Fsp3) is 0.556. The van der Waals surface area contributed by atoms with Gasteiger partial charge in [-0.25, -0.2) is 0 Å². The summed E-state index contributed by atoms with van der Waals surface area (Å²) >= 11 is 0. The molecule has 0 aromatic heterocycles. The SMILES string of the molecule is O=COC/C=C/COC(=O)C1CC1. The molecule has 0 radical (unpaired) electrons. The molecule has 0 amide bonds. The maximum atomic E-state index is 11.0. The minimum absolute atomic E-state index is 0.124. The molecule has 72 valence electrons. The Balaban J connectivity index is 1.95. The van der Waals surface area contributed by atoms with Gasteiger partial charge in [-0.05, 0) is 25.0 Å². The second kappa shape index (κ2) is 5.35. The van der Waals surface area contributed by atoms with E-state index in [0.717, 1.165) is 12.8 Å². The third-order valence-corrected chi connectivity index (χ3v) is 1.66. The molecule has 0 aromatic carbocycles. The van der Waals surface area contributed by atoms with Gasteiger partial charge >= 0.3 is 5.97 Å². The molecule has 13 heavy (non-hydrogen) atoms. The van der Waals surface area contributed by atoms with Gasteiger partial charge < -0.3 is 9.47 Å². The van der Waals surface area contributed by atoms with E-state index in [1.165, 1.54) is 0 Å². The van der Waals surface area contributed by atoms with Crippen LogP contribution < -0.4 is 0 Å². The Morgan fingerprint density at radius 1 is 1.31 bits per heavy atom. The molecular formula is C9H12O4. The highest BCUT2D eigenvalue weighted by atomic mass is 16.5. The average Bonchev–Trinajstić information content (AvgIpc) is 2.93. The quantitative estimate of drug-likeness (QED) is 0.263. The lowest BCUT2D eigenvalue weighted by Crippen LogP contribution is -2.06. The van der Waals surface area contributed by atoms with Crippen LogP contribution in [-0.4, -0.2) is 25.7 Å². The van der Waals surface area contributed by atoms with Crippen LogP contribution in [0.3, 0.4) is 0 Å². The minimum atomic E-state index is -0.124. The molecule has 0 aliphatic heterocycles. The van der Waals surface area contributed by atoms with Crippen LogP contribution in [0, 0.1) is 5.92 Å². The minimum Gasteiger partial charge on any atom is -0.464 e. The van der Waals surface area contributed by atoms with E-state index >= 15 is 0 Å². The summed E-state index contributed by atoms with van der Waals surface area (Å²) in [5, 5.41) is 0. The maximum Gasteiger partial charge on any atom is 0.309 e. The van der Waals surface area contributed by atoms with E-state index in [1.807, 2.05) is 0 Å². The molecule has 0 N–H and O–H groups in total. The summed E-state index contributed by atoms with van der Waals surface area (Å²) in [5.41, 5.74) is 0. The van der Waals surface area contributed by atoms with Crippen molar-refractivity contribution in [1.29, 1.82) is 0 Å². The molecule has 0 saturated heterocycles. The number of carbonyl (C=O) groups is 2. The van der Waals surface area contributed by atoms with E-state index in [-0.39, 0.29) is 25.1 Å². The summed E-state index contributed by atoms with van der Waals surface area (Å²) in [6, 6.07) is 0. The molecule has 0 unspecified atom stereocenters. The first-order valence-electron chi connectivity index (χ1n) is 4.21. The van der Waals surface area contributed by atoms with Crippen molar-refractivity contribution in [3.8, 4) is 0 Å². The van der Waals surface area contributed by atoms with Gasteiger partial charge in [-0.3, -0.25) is 9.59 Å². The number of rotatable bonds is 6. The molecule has 1 saturated carbocycles. The first-order valence-corrected chi connectivity index (χ1v) is 4.21. The van der Waals surface area contributed by atoms with Gasteiger partial charge in [-0.15, -0.1) is 0 Å². The molecule has 0 spiro atoms. The summed E-state index contributed by atoms with van der Waals surface area (Å²) in [6.45, 7) is 0.864. The number of hydrogen-bond acceptors (Lipinski definition) is 4. The zero-order valence-electron chi connectivity index (χ0n) is 7.27. The molecule has 1 aliphatic carbocycles. The summed E-state index contributed by atoms with van der Waals surface area (Å²) in [6.07, 6.45) is 5.20. The predicted octanol–water partition coefficient (Wildman–Crippen LogP) is 0.669. The predicted molar refractivity (Wildman–Crippen MR) is 44.8 cm³/mol. The molecule has 1 rings (SSSR count). The van der Waals surface area contributed by atoms with Crippen molar-refractivity contribution in [3.63, 3.8) is 0 Å². The third kappa shape index (κ3) is 4.30. The topological polar surface area (TPSA) is 52.6 Å². The smallest absolute Gasteiger partial charge is 0.309 e. The van der Waals surface area contributed by atoms with E-state index in [2.05, 4.69) is 4.74 Å². The Bertz CT molecular complexity index is 206. The third-order valence-electron chi connectivity index (χ3n) is 1.66. The summed E-state index contributed by atoms with van der Waals surface area (Å²) in [4.78, 5) is 20.7. The lowest BCUT2D eigenvalue weighted by Gasteiger charge is -1.98. The molecule has 0 heterocycles. The Morgan fingerprint density at radius 2 is 2.00 bits per heavy atom. The van der Waals surface area contributed by atoms with Crippen LogP contribution in [0.4, 0.5) is 0 Å². The molecule has 1 fully saturated rings. The highest BCUT2D eigenvalue weighted by molar-refractivity contribution is 5.74. The molecule has 4 heteroatoms. The monoisotopic (exact) mass is 184 g/mol. The van der Waals surface area contributed by atoms with Crippen molar-refractivity contribution in [2.75, 3.05) is 13.2 Å². The largest absolute Gasteiger partial charge is 0.464 e. The number of ether oxygens (including phenoxy) is 2. The normalized spacial score (nSPS) is 15.7. The maximum absolute atomic E-state index is 11.0. The second-order valence-corrected chi connectivity index (χ2v) is 2.81. The molecule has 0 bridgehead atoms. The van der Waals surface area contributed by atoms with Gasteiger partial charge in [0.15, 0.2) is 0 Å². The van der Waals surface area contributed by atoms with Crippen molar-refractivity contribution < 1.29 is 19.1 Å². The van der Waals surface area contributed by atoms with E-state index in [0.29, 0.717) is 6.47 Å². The Kier molecular flexibility index (Phi) is 4.02. The average molecular weight is 184 g/mol. The van der Waals surface area contributed by atoms with Crippen LogP contribution in [-0.2, 0) is 19.1 Å². The summed E-state index contributed by atoms with van der Waals surface area (Å²) in [5.74, 6) is 0.0144. The van der Waals surface area contributed by atoms with Crippen molar-refractivity contribution in [3.05, 3.63) is 12.2 Å². The van der Waals surface area contributed by atoms with E-state index < -0.39 is 0 Å². The van der Waals surface area contributed by atoms with Gasteiger partial charge in [0, 0.05) is 0 Å². The summed E-state index contributed by atoms with van der Waals surface area (Å²) < 4.78 is 9.27. The van der Waals surface area contributed by atoms with Gasteiger partial charge in [0.2, 0.25) is 0 Å². The van der Waals surface area contributed by atoms with E-state index in [1.54, 1.807) is 12.2 Å². The molecule has 0 atom stereocenters. The van der Waals surface area contributed by atoms with Gasteiger partial charge in [0.05, 0.1) is 5.92 Å². The summed E-state index contributed by atoms with van der Waals surface area (Å²) in [7, 11) is 0. The van der Waals surface area contributed by atoms with Crippen molar-refractivity contribution in [2.45, 2.75) is 12.8 Å². The van der Waals surface area contributed by atoms with Crippen LogP contribution in [0.1, 0.15) is 12.8 Å². The Labute approximate surface area is 76.5 Å². The second-order valence-electron chi connectivity index (χ2n) is 2.81. The lowest BCUT2D eigenvalue weighted by molar-refractivity contribution is -0.144. The fourth-order valence-electron chi connectivity index (χ4n) is 0.798. The van der Waals surface area contributed by atoms with Crippen molar-refractivity contribution in [1.82, 2.24) is 0 Å². The van der Waals surface area contributed by atoms with Crippen LogP contribution >= 0.6 is 0 Å². The fourth-order valence-corrected chi connectivity index (χ4v) is 0.798. The van der Waals surface area contributed by atoms with Crippen LogP contribution in [0.15, 0.2) is 12.2 Å². The standard InChI is InChI=1S/C9H12O4/c10-7-12-5-1-2-6-13-9(11)8-3-4-8/h1-2,7-8H,3-6H2/b2-1+. The van der Waals surface area contributed by atoms with E-state index in [9.17, 15) is 9.59 Å². The van der Waals surface area contributed by atoms with Gasteiger partial charge in [0.1, 0.15) is 13.2 Å². The first-order chi connectivity index (χ1) is 6.34. The lowest BCUT2D eigenvalue weighted by atomic mass is 10.4. The number of esters is 1. The zero-order valence-corrected chi connectivity index (χ0v) is 7.27. The highest BCUT2D eigenvalue weighted by Gasteiger charge is 2.30. The number of hydrogen-bond donors (Lipinski definition) is 0. The van der Waals surface area contributed by atoms with Crippen LogP contribution in [0.2, 0.25) is 0 Å². The number of carbonyl (C=O) groups excluding carboxylic acids is 2. The first kappa shape index (κ1) is 9.77. The highest BCUT2D eigenvalue weighted by Crippen LogP contribution is 2.29. The molecular weight excluding hydrogens is 172 g/mol. The van der Waals surface area contributed by atoms with Gasteiger partial charge in [-0.2, -0.15) is 0 Å². The van der Waals surface area contributed by atoms with Crippen LogP contribution in [0.25, 0.3) is 0 Å². The Morgan fingerprint density at radius 3 is 2.62 bits per heavy atom. The molecule has 4 nitrogen and oxygen atoms in total. The Hall–Kier alpha value is -1.32. The van der Waals surface area contributed by atoms with Gasteiger partial charge in [0.25, 0.3) is 6.47 Å².